The van der Waals surface area contributed by atoms with Crippen LogP contribution in [0.25, 0.3) is 0 Å². The fourth-order valence-electron chi connectivity index (χ4n) is 4.49. The predicted octanol–water partition coefficient (Wildman–Crippen LogP) is 5.20. The van der Waals surface area contributed by atoms with Crippen LogP contribution in [0.15, 0.2) is 22.7 Å². The molecule has 0 spiro atoms. The summed E-state index contributed by atoms with van der Waals surface area (Å²) in [4.78, 5) is 2.56. The average Bonchev–Trinajstić information content (AvgIpc) is 3.19. The van der Waals surface area contributed by atoms with Crippen molar-refractivity contribution in [1.82, 2.24) is 0 Å². The van der Waals surface area contributed by atoms with Crippen LogP contribution in [-0.2, 0) is 6.42 Å². The van der Waals surface area contributed by atoms with E-state index >= 15 is 0 Å². The number of thiophene rings is 1. The second kappa shape index (κ2) is 13.3. The van der Waals surface area contributed by atoms with Crippen molar-refractivity contribution < 1.29 is 15.3 Å². The molecule has 5 atom stereocenters. The first-order valence-corrected chi connectivity index (χ1v) is 12.7. The summed E-state index contributed by atoms with van der Waals surface area (Å²) in [5.41, 5.74) is 0. The predicted molar refractivity (Wildman–Crippen MR) is 127 cm³/mol. The van der Waals surface area contributed by atoms with E-state index in [1.165, 1.54) is 9.75 Å². The minimum absolute atomic E-state index is 0.237. The topological polar surface area (TPSA) is 60.7 Å². The molecule has 2 rings (SSSR count). The van der Waals surface area contributed by atoms with Gasteiger partial charge in [0.1, 0.15) is 0 Å². The zero-order chi connectivity index (χ0) is 21.2. The molecule has 0 saturated heterocycles. The molecule has 1 aliphatic rings. The van der Waals surface area contributed by atoms with Crippen LogP contribution in [0.4, 0.5) is 0 Å². The Hall–Kier alpha value is -0.135. The maximum atomic E-state index is 10.6. The van der Waals surface area contributed by atoms with Crippen LogP contribution < -0.4 is 0 Å². The number of aliphatic hydroxyl groups is 3. The van der Waals surface area contributed by atoms with Crippen LogP contribution in [0.5, 0.6) is 0 Å². The molecular formula is C23H36BBrO3S. The van der Waals surface area contributed by atoms with Crippen molar-refractivity contribution in [3.05, 3.63) is 32.4 Å². The van der Waals surface area contributed by atoms with E-state index < -0.39 is 6.10 Å². The van der Waals surface area contributed by atoms with E-state index in [9.17, 15) is 10.2 Å². The van der Waals surface area contributed by atoms with Gasteiger partial charge in [-0.3, -0.25) is 0 Å². The van der Waals surface area contributed by atoms with Gasteiger partial charge in [0.05, 0.1) is 20.1 Å². The largest absolute Gasteiger partial charge is 0.396 e. The molecule has 1 heterocycles. The van der Waals surface area contributed by atoms with Gasteiger partial charge in [-0.25, -0.2) is 0 Å². The third kappa shape index (κ3) is 8.14. The summed E-state index contributed by atoms with van der Waals surface area (Å²) in [7, 11) is 5.98. The Morgan fingerprint density at radius 3 is 2.66 bits per heavy atom. The lowest BCUT2D eigenvalue weighted by molar-refractivity contribution is 0.116. The first-order valence-electron chi connectivity index (χ1n) is 11.1. The summed E-state index contributed by atoms with van der Waals surface area (Å²) in [6, 6.07) is 2.14. The molecule has 1 unspecified atom stereocenters. The zero-order valence-electron chi connectivity index (χ0n) is 17.6. The van der Waals surface area contributed by atoms with Gasteiger partial charge >= 0.3 is 0 Å². The van der Waals surface area contributed by atoms with Gasteiger partial charge in [0.15, 0.2) is 0 Å². The summed E-state index contributed by atoms with van der Waals surface area (Å²) in [6.45, 7) is 2.37. The summed E-state index contributed by atoms with van der Waals surface area (Å²) < 4.78 is 1.15. The number of unbranched alkanes of at least 4 members (excludes halogenated alkanes) is 4. The number of aliphatic hydroxyl groups excluding tert-OH is 3. The van der Waals surface area contributed by atoms with Gasteiger partial charge in [0.25, 0.3) is 0 Å². The van der Waals surface area contributed by atoms with Gasteiger partial charge in [-0.1, -0.05) is 44.2 Å². The van der Waals surface area contributed by atoms with Crippen molar-refractivity contribution in [2.24, 2.45) is 17.8 Å². The number of aryl methyl sites for hydroxylation is 2. The van der Waals surface area contributed by atoms with Crippen molar-refractivity contribution in [3.8, 4) is 0 Å². The van der Waals surface area contributed by atoms with Crippen LogP contribution in [0.2, 0.25) is 6.32 Å². The smallest absolute Gasteiger partial charge is 0.0724 e. The van der Waals surface area contributed by atoms with E-state index in [0.29, 0.717) is 18.7 Å². The summed E-state index contributed by atoms with van der Waals surface area (Å²) in [5.74, 6) is 0.782. The molecule has 2 radical (unpaired) electrons. The number of allylic oxidation sites excluding steroid dienone is 1. The number of hydrogen-bond acceptors (Lipinski definition) is 4. The molecule has 0 aromatic carbocycles. The molecule has 1 aliphatic carbocycles. The molecule has 1 aromatic heterocycles. The molecular weight excluding hydrogens is 447 g/mol. The average molecular weight is 483 g/mol. The molecule has 1 aromatic rings. The third-order valence-electron chi connectivity index (χ3n) is 6.23. The molecule has 3 N–H and O–H groups in total. The molecule has 162 valence electrons. The minimum Gasteiger partial charge on any atom is -0.396 e. The van der Waals surface area contributed by atoms with Gasteiger partial charge < -0.3 is 15.3 Å². The zero-order valence-corrected chi connectivity index (χ0v) is 20.0. The molecule has 0 amide bonds. The lowest BCUT2D eigenvalue weighted by atomic mass is 9.79. The van der Waals surface area contributed by atoms with Crippen molar-refractivity contribution in [1.29, 1.82) is 0 Å². The molecule has 0 aliphatic heterocycles. The van der Waals surface area contributed by atoms with Crippen molar-refractivity contribution >= 4 is 35.1 Å². The fourth-order valence-corrected chi connectivity index (χ4v) is 6.11. The highest BCUT2D eigenvalue weighted by atomic mass is 79.9. The normalized spacial score (nSPS) is 25.8. The molecule has 1 fully saturated rings. The Balaban J connectivity index is 1.84. The molecule has 6 heteroatoms. The van der Waals surface area contributed by atoms with Crippen LogP contribution in [0, 0.1) is 24.7 Å². The van der Waals surface area contributed by atoms with Gasteiger partial charge in [-0.15, -0.1) is 11.3 Å². The number of hydrogen-bond donors (Lipinski definition) is 3. The monoisotopic (exact) mass is 482 g/mol. The second-order valence-electron chi connectivity index (χ2n) is 8.43. The fraction of sp³-hybridized carbons (Fsp3) is 0.739. The Labute approximate surface area is 190 Å². The number of rotatable bonds is 13. The molecule has 29 heavy (non-hydrogen) atoms. The van der Waals surface area contributed by atoms with E-state index in [2.05, 4.69) is 35.0 Å². The van der Waals surface area contributed by atoms with Crippen molar-refractivity contribution in [2.45, 2.75) is 83.2 Å². The Bertz CT molecular complexity index is 602. The minimum atomic E-state index is -0.466. The first kappa shape index (κ1) is 25.1. The Morgan fingerprint density at radius 1 is 1.28 bits per heavy atom. The van der Waals surface area contributed by atoms with Crippen molar-refractivity contribution in [2.75, 3.05) is 6.61 Å². The standard InChI is InChI=1S/C23H36BBrO3S/c1-16-22(25)14-19(29-16)10-8-18(27)9-11-20-17(15-24)13-23(28)21(20)7-5-3-2-4-6-12-26/h9,11,14,17-18,20-21,23,26-28H,2-8,10,12-13,15H2,1H3/b11-9+/t17-,18-,20-,21+,23?/m0/s1. The molecule has 1 saturated carbocycles. The van der Waals surface area contributed by atoms with Gasteiger partial charge in [-0.05, 0) is 78.8 Å². The van der Waals surface area contributed by atoms with E-state index in [0.717, 1.165) is 55.8 Å². The second-order valence-corrected chi connectivity index (χ2v) is 10.6. The highest BCUT2D eigenvalue weighted by Crippen LogP contribution is 2.42. The van der Waals surface area contributed by atoms with Crippen LogP contribution in [0.1, 0.15) is 61.1 Å². The lowest BCUT2D eigenvalue weighted by Crippen LogP contribution is -2.19. The maximum Gasteiger partial charge on any atom is 0.0724 e. The van der Waals surface area contributed by atoms with E-state index in [-0.39, 0.29) is 24.5 Å². The van der Waals surface area contributed by atoms with Crippen molar-refractivity contribution in [3.63, 3.8) is 0 Å². The molecule has 3 nitrogen and oxygen atoms in total. The van der Waals surface area contributed by atoms with E-state index in [4.69, 9.17) is 13.0 Å². The highest BCUT2D eigenvalue weighted by Gasteiger charge is 2.39. The SMILES string of the molecule is [B]C[C@@H]1CC(O)[C@H](CCCCCCCO)[C@H]1/C=C/[C@@H](O)CCc1cc(Br)c(C)s1. The van der Waals surface area contributed by atoms with Crippen LogP contribution in [-0.4, -0.2) is 42.0 Å². The van der Waals surface area contributed by atoms with Gasteiger partial charge in [-0.2, -0.15) is 0 Å². The van der Waals surface area contributed by atoms with E-state index in [1.807, 2.05) is 6.08 Å². The van der Waals surface area contributed by atoms with Gasteiger partial charge in [0.2, 0.25) is 0 Å². The van der Waals surface area contributed by atoms with Crippen LogP contribution >= 0.6 is 27.3 Å². The summed E-state index contributed by atoms with van der Waals surface area (Å²) >= 11 is 5.33. The lowest BCUT2D eigenvalue weighted by Gasteiger charge is -2.23. The maximum absolute atomic E-state index is 10.6. The number of halogens is 1. The van der Waals surface area contributed by atoms with Gasteiger partial charge in [0, 0.05) is 20.8 Å². The van der Waals surface area contributed by atoms with Crippen LogP contribution in [0.3, 0.4) is 0 Å². The summed E-state index contributed by atoms with van der Waals surface area (Å²) in [6.07, 6.45) is 12.6. The summed E-state index contributed by atoms with van der Waals surface area (Å²) in [5, 5.41) is 29.9. The third-order valence-corrected chi connectivity index (χ3v) is 8.42. The highest BCUT2D eigenvalue weighted by molar-refractivity contribution is 9.10. The molecule has 0 bridgehead atoms. The van der Waals surface area contributed by atoms with E-state index in [1.54, 1.807) is 11.3 Å². The Kier molecular flexibility index (Phi) is 11.5. The Morgan fingerprint density at radius 2 is 2.00 bits per heavy atom. The quantitative estimate of drug-likeness (QED) is 0.205. The first-order chi connectivity index (χ1) is 14.0.